The molecule has 0 unspecified atom stereocenters. The number of hydrogen-bond donors (Lipinski definition) is 0. The van der Waals surface area contributed by atoms with Crippen molar-refractivity contribution in [2.24, 2.45) is 0 Å². The molecule has 0 saturated carbocycles. The van der Waals surface area contributed by atoms with E-state index in [0.29, 0.717) is 19.0 Å². The van der Waals surface area contributed by atoms with Crippen molar-refractivity contribution in [2.45, 2.75) is 18.6 Å². The van der Waals surface area contributed by atoms with Gasteiger partial charge in [0.05, 0.1) is 11.4 Å². The fourth-order valence-corrected chi connectivity index (χ4v) is 5.34. The Morgan fingerprint density at radius 1 is 1.08 bits per heavy atom. The third kappa shape index (κ3) is 2.57. The highest BCUT2D eigenvalue weighted by molar-refractivity contribution is 7.99. The molecule has 134 valence electrons. The minimum Gasteiger partial charge on any atom is -0.326 e. The van der Waals surface area contributed by atoms with Gasteiger partial charge in [0.25, 0.3) is 0 Å². The van der Waals surface area contributed by atoms with Crippen LogP contribution in [0.4, 0.5) is 0 Å². The van der Waals surface area contributed by atoms with Gasteiger partial charge in [-0.1, -0.05) is 12.1 Å². The number of thioether (sulfide) groups is 1. The van der Waals surface area contributed by atoms with Gasteiger partial charge in [-0.25, -0.2) is 0 Å². The Bertz CT molecular complexity index is 889. The number of amides is 2. The lowest BCUT2D eigenvalue weighted by Gasteiger charge is -2.47. The van der Waals surface area contributed by atoms with Gasteiger partial charge in [0.1, 0.15) is 12.1 Å². The number of carbonyl (C=O) groups is 2. The maximum Gasteiger partial charge on any atom is 0.248 e. The van der Waals surface area contributed by atoms with Crippen molar-refractivity contribution in [2.75, 3.05) is 31.3 Å². The second-order valence-corrected chi connectivity index (χ2v) is 8.14. The summed E-state index contributed by atoms with van der Waals surface area (Å²) in [4.78, 5) is 35.8. The average molecular weight is 368 g/mol. The number of pyridine rings is 1. The van der Waals surface area contributed by atoms with Crippen LogP contribution in [0.25, 0.3) is 10.9 Å². The van der Waals surface area contributed by atoms with E-state index in [9.17, 15) is 9.59 Å². The van der Waals surface area contributed by atoms with Crippen LogP contribution in [-0.4, -0.2) is 74.8 Å². The zero-order chi connectivity index (χ0) is 17.7. The molecule has 3 saturated heterocycles. The number of aromatic nitrogens is 1. The molecule has 26 heavy (non-hydrogen) atoms. The molecule has 1 aromatic carbocycles. The second kappa shape index (κ2) is 6.25. The smallest absolute Gasteiger partial charge is 0.248 e. The minimum absolute atomic E-state index is 0.118. The van der Waals surface area contributed by atoms with Crippen LogP contribution in [0.5, 0.6) is 0 Å². The third-order valence-electron chi connectivity index (χ3n) is 5.56. The molecule has 1 aromatic heterocycles. The summed E-state index contributed by atoms with van der Waals surface area (Å²) in [5.74, 6) is 1.64. The monoisotopic (exact) mass is 368 g/mol. The number of piperazine rings is 2. The molecular weight excluding hydrogens is 348 g/mol. The predicted molar refractivity (Wildman–Crippen MR) is 100 cm³/mol. The Kier molecular flexibility index (Phi) is 3.86. The van der Waals surface area contributed by atoms with Crippen LogP contribution in [0.1, 0.15) is 5.56 Å². The largest absolute Gasteiger partial charge is 0.326 e. The number of carbonyl (C=O) groups excluding carboxylic acids is 2. The van der Waals surface area contributed by atoms with Crippen LogP contribution in [0.15, 0.2) is 36.5 Å². The standard InChI is InChI=1S/C19H20N4O2S/c24-18-16-10-21(6-7-22(16)19(25)17-11-26-12-23(17)18)9-13-3-4-15-14(8-13)2-1-5-20-15/h1-5,8,16-17H,6-7,9-12H2/t16-,17+/m1/s1. The molecule has 3 aliphatic heterocycles. The van der Waals surface area contributed by atoms with Gasteiger partial charge in [-0.15, -0.1) is 11.8 Å². The fraction of sp³-hybridized carbons (Fsp3) is 0.421. The van der Waals surface area contributed by atoms with Gasteiger partial charge in [0.2, 0.25) is 11.8 Å². The van der Waals surface area contributed by atoms with Crippen LogP contribution in [-0.2, 0) is 16.1 Å². The van der Waals surface area contributed by atoms with Crippen molar-refractivity contribution in [1.82, 2.24) is 19.7 Å². The van der Waals surface area contributed by atoms with Crippen LogP contribution < -0.4 is 0 Å². The zero-order valence-corrected chi connectivity index (χ0v) is 15.2. The van der Waals surface area contributed by atoms with Crippen molar-refractivity contribution < 1.29 is 9.59 Å². The molecule has 3 fully saturated rings. The molecule has 6 nitrogen and oxygen atoms in total. The lowest BCUT2D eigenvalue weighted by molar-refractivity contribution is -0.162. The van der Waals surface area contributed by atoms with Gasteiger partial charge in [-0.3, -0.25) is 19.5 Å². The molecule has 0 N–H and O–H groups in total. The summed E-state index contributed by atoms with van der Waals surface area (Å²) in [7, 11) is 0. The summed E-state index contributed by atoms with van der Waals surface area (Å²) in [6.07, 6.45) is 1.80. The maximum absolute atomic E-state index is 12.8. The number of hydrogen-bond acceptors (Lipinski definition) is 5. The van der Waals surface area contributed by atoms with E-state index < -0.39 is 0 Å². The SMILES string of the molecule is O=C1[C@@H]2CSCN2C(=O)[C@H]2CN(Cc3ccc4ncccc4c3)CCN12. The molecule has 0 aliphatic carbocycles. The lowest BCUT2D eigenvalue weighted by atomic mass is 10.0. The molecule has 2 aromatic rings. The number of fused-ring (bicyclic) bond motifs is 3. The second-order valence-electron chi connectivity index (χ2n) is 7.14. The van der Waals surface area contributed by atoms with Gasteiger partial charge in [-0.2, -0.15) is 0 Å². The quantitative estimate of drug-likeness (QED) is 0.796. The minimum atomic E-state index is -0.326. The summed E-state index contributed by atoms with van der Waals surface area (Å²) < 4.78 is 0. The topological polar surface area (TPSA) is 56.8 Å². The molecule has 3 aliphatic rings. The first-order valence-electron chi connectivity index (χ1n) is 8.95. The Hall–Kier alpha value is -2.12. The molecule has 7 heteroatoms. The molecular formula is C19H20N4O2S. The van der Waals surface area contributed by atoms with Gasteiger partial charge in [0.15, 0.2) is 0 Å². The highest BCUT2D eigenvalue weighted by Crippen LogP contribution is 2.30. The third-order valence-corrected chi connectivity index (χ3v) is 6.57. The molecule has 4 heterocycles. The van der Waals surface area contributed by atoms with Crippen molar-refractivity contribution in [1.29, 1.82) is 0 Å². The first-order chi connectivity index (χ1) is 12.7. The van der Waals surface area contributed by atoms with E-state index in [-0.39, 0.29) is 23.9 Å². The van der Waals surface area contributed by atoms with Gasteiger partial charge in [0, 0.05) is 43.5 Å². The molecule has 0 radical (unpaired) electrons. The fourth-order valence-electron chi connectivity index (χ4n) is 4.19. The summed E-state index contributed by atoms with van der Waals surface area (Å²) in [5, 5.41) is 1.13. The summed E-state index contributed by atoms with van der Waals surface area (Å²) in [6.45, 7) is 2.85. The molecule has 0 bridgehead atoms. The Morgan fingerprint density at radius 2 is 1.96 bits per heavy atom. The van der Waals surface area contributed by atoms with Gasteiger partial charge in [-0.05, 0) is 23.8 Å². The normalized spacial score (nSPS) is 26.3. The van der Waals surface area contributed by atoms with E-state index in [2.05, 4.69) is 28.1 Å². The Labute approximate surface area is 156 Å². The maximum atomic E-state index is 12.8. The van der Waals surface area contributed by atoms with Crippen LogP contribution >= 0.6 is 11.8 Å². The van der Waals surface area contributed by atoms with Crippen LogP contribution in [0.2, 0.25) is 0 Å². The number of benzene rings is 1. The molecule has 5 rings (SSSR count). The van der Waals surface area contributed by atoms with E-state index in [0.717, 1.165) is 29.7 Å². The number of nitrogens with zero attached hydrogens (tertiary/aromatic N) is 4. The zero-order valence-electron chi connectivity index (χ0n) is 14.4. The lowest BCUT2D eigenvalue weighted by Crippen LogP contribution is -2.69. The van der Waals surface area contributed by atoms with Gasteiger partial charge >= 0.3 is 0 Å². The van der Waals surface area contributed by atoms with Crippen LogP contribution in [0.3, 0.4) is 0 Å². The summed E-state index contributed by atoms with van der Waals surface area (Å²) >= 11 is 1.67. The highest BCUT2D eigenvalue weighted by atomic mass is 32.2. The van der Waals surface area contributed by atoms with Crippen molar-refractivity contribution in [3.63, 3.8) is 0 Å². The van der Waals surface area contributed by atoms with Crippen molar-refractivity contribution >= 4 is 34.5 Å². The van der Waals surface area contributed by atoms with E-state index >= 15 is 0 Å². The van der Waals surface area contributed by atoms with E-state index in [1.807, 2.05) is 17.0 Å². The molecule has 2 atom stereocenters. The Morgan fingerprint density at radius 3 is 2.88 bits per heavy atom. The van der Waals surface area contributed by atoms with Crippen molar-refractivity contribution in [3.05, 3.63) is 42.1 Å². The highest BCUT2D eigenvalue weighted by Gasteiger charge is 2.49. The van der Waals surface area contributed by atoms with E-state index in [4.69, 9.17) is 0 Å². The first-order valence-corrected chi connectivity index (χ1v) is 10.1. The average Bonchev–Trinajstić information content (AvgIpc) is 3.16. The molecule has 2 amide bonds. The first kappa shape index (κ1) is 16.1. The van der Waals surface area contributed by atoms with Gasteiger partial charge < -0.3 is 9.80 Å². The molecule has 0 spiro atoms. The van der Waals surface area contributed by atoms with E-state index in [1.165, 1.54) is 5.56 Å². The predicted octanol–water partition coefficient (Wildman–Crippen LogP) is 1.16. The number of rotatable bonds is 2. The summed E-state index contributed by atoms with van der Waals surface area (Å²) in [5.41, 5.74) is 2.20. The summed E-state index contributed by atoms with van der Waals surface area (Å²) in [6, 6.07) is 9.76. The van der Waals surface area contributed by atoms with E-state index in [1.54, 1.807) is 22.9 Å². The van der Waals surface area contributed by atoms with Crippen LogP contribution in [0, 0.1) is 0 Å². The van der Waals surface area contributed by atoms with Crippen molar-refractivity contribution in [3.8, 4) is 0 Å². The Balaban J connectivity index is 1.34.